The molecule has 0 aliphatic heterocycles. The monoisotopic (exact) mass is 318 g/mol. The molecule has 0 amide bonds. The quantitative estimate of drug-likeness (QED) is 0.587. The Morgan fingerprint density at radius 2 is 1.88 bits per heavy atom. The van der Waals surface area contributed by atoms with E-state index in [9.17, 15) is 4.39 Å². The Balaban J connectivity index is 1.55. The average Bonchev–Trinajstić information content (AvgIpc) is 3.06. The Kier molecular flexibility index (Phi) is 3.67. The Morgan fingerprint density at radius 3 is 2.71 bits per heavy atom. The molecule has 2 heterocycles. The van der Waals surface area contributed by atoms with Gasteiger partial charge in [0.2, 0.25) is 0 Å². The van der Waals surface area contributed by atoms with Crippen LogP contribution in [0.3, 0.4) is 0 Å². The number of halogens is 1. The molecular formula is C19H15FN4. The molecule has 2 aromatic carbocycles. The molecule has 24 heavy (non-hydrogen) atoms. The van der Waals surface area contributed by atoms with Crippen LogP contribution in [0.1, 0.15) is 5.56 Å². The van der Waals surface area contributed by atoms with E-state index < -0.39 is 0 Å². The fourth-order valence-electron chi connectivity index (χ4n) is 2.56. The van der Waals surface area contributed by atoms with Gasteiger partial charge in [0, 0.05) is 24.0 Å². The van der Waals surface area contributed by atoms with Crippen molar-refractivity contribution in [2.45, 2.75) is 6.54 Å². The van der Waals surface area contributed by atoms with Crippen molar-refractivity contribution in [1.29, 1.82) is 0 Å². The van der Waals surface area contributed by atoms with Crippen molar-refractivity contribution >= 4 is 16.9 Å². The number of imidazole rings is 1. The third kappa shape index (κ3) is 2.96. The second-order valence-corrected chi connectivity index (χ2v) is 5.52. The van der Waals surface area contributed by atoms with Crippen molar-refractivity contribution in [1.82, 2.24) is 15.0 Å². The van der Waals surface area contributed by atoms with E-state index >= 15 is 0 Å². The van der Waals surface area contributed by atoms with Crippen molar-refractivity contribution in [3.05, 3.63) is 78.2 Å². The molecule has 5 heteroatoms. The molecular weight excluding hydrogens is 303 g/mol. The molecule has 4 aromatic rings. The van der Waals surface area contributed by atoms with E-state index in [0.717, 1.165) is 28.2 Å². The Morgan fingerprint density at radius 1 is 1.00 bits per heavy atom. The molecule has 0 radical (unpaired) electrons. The van der Waals surface area contributed by atoms with E-state index in [2.05, 4.69) is 20.3 Å². The number of nitrogens with zero attached hydrogens (tertiary/aromatic N) is 2. The van der Waals surface area contributed by atoms with E-state index in [1.807, 2.05) is 36.4 Å². The maximum atomic E-state index is 12.9. The molecule has 0 fully saturated rings. The first-order valence-corrected chi connectivity index (χ1v) is 7.67. The van der Waals surface area contributed by atoms with Gasteiger partial charge < -0.3 is 10.3 Å². The van der Waals surface area contributed by atoms with Crippen molar-refractivity contribution in [3.63, 3.8) is 0 Å². The highest BCUT2D eigenvalue weighted by Crippen LogP contribution is 2.22. The molecule has 0 saturated carbocycles. The summed E-state index contributed by atoms with van der Waals surface area (Å²) in [6, 6.07) is 18.3. The van der Waals surface area contributed by atoms with Gasteiger partial charge in [-0.15, -0.1) is 0 Å². The summed E-state index contributed by atoms with van der Waals surface area (Å²) in [5.74, 6) is 0.563. The predicted molar refractivity (Wildman–Crippen MR) is 93.1 cm³/mol. The zero-order valence-corrected chi connectivity index (χ0v) is 12.8. The lowest BCUT2D eigenvalue weighted by Gasteiger charge is -2.08. The highest BCUT2D eigenvalue weighted by molar-refractivity contribution is 5.76. The lowest BCUT2D eigenvalue weighted by atomic mass is 10.1. The first-order chi connectivity index (χ1) is 11.8. The number of hydrogen-bond acceptors (Lipinski definition) is 3. The van der Waals surface area contributed by atoms with Crippen LogP contribution >= 0.6 is 0 Å². The summed E-state index contributed by atoms with van der Waals surface area (Å²) < 4.78 is 12.9. The first-order valence-electron chi connectivity index (χ1n) is 7.67. The van der Waals surface area contributed by atoms with Crippen LogP contribution in [-0.2, 0) is 6.54 Å². The number of pyridine rings is 1. The lowest BCUT2D eigenvalue weighted by Crippen LogP contribution is -1.99. The van der Waals surface area contributed by atoms with Gasteiger partial charge in [0.05, 0.1) is 5.52 Å². The number of nitrogens with one attached hydrogen (secondary N) is 2. The third-order valence-corrected chi connectivity index (χ3v) is 3.80. The molecule has 0 bridgehead atoms. The second kappa shape index (κ2) is 6.12. The largest absolute Gasteiger partial charge is 0.381 e. The topological polar surface area (TPSA) is 53.6 Å². The zero-order chi connectivity index (χ0) is 16.4. The summed E-state index contributed by atoms with van der Waals surface area (Å²) >= 11 is 0. The number of benzene rings is 2. The maximum absolute atomic E-state index is 12.9. The van der Waals surface area contributed by atoms with Gasteiger partial charge >= 0.3 is 0 Å². The summed E-state index contributed by atoms with van der Waals surface area (Å²) in [4.78, 5) is 12.0. The van der Waals surface area contributed by atoms with Crippen LogP contribution in [-0.4, -0.2) is 15.0 Å². The van der Waals surface area contributed by atoms with Crippen LogP contribution in [0, 0.1) is 5.82 Å². The second-order valence-electron chi connectivity index (χ2n) is 5.52. The molecule has 2 N–H and O–H groups in total. The van der Waals surface area contributed by atoms with Crippen LogP contribution in [0.2, 0.25) is 0 Å². The predicted octanol–water partition coefficient (Wildman–Crippen LogP) is 4.38. The fourth-order valence-corrected chi connectivity index (χ4v) is 2.56. The summed E-state index contributed by atoms with van der Waals surface area (Å²) in [7, 11) is 0. The summed E-state index contributed by atoms with van der Waals surface area (Å²) in [6.45, 7) is 0.630. The van der Waals surface area contributed by atoms with Gasteiger partial charge in [0.1, 0.15) is 11.6 Å². The molecule has 2 aromatic heterocycles. The minimum Gasteiger partial charge on any atom is -0.381 e. The number of rotatable bonds is 4. The van der Waals surface area contributed by atoms with Crippen molar-refractivity contribution in [2.24, 2.45) is 0 Å². The van der Waals surface area contributed by atoms with Gasteiger partial charge in [-0.25, -0.2) is 14.4 Å². The summed E-state index contributed by atoms with van der Waals surface area (Å²) in [5, 5.41) is 3.34. The number of aromatic nitrogens is 3. The molecule has 118 valence electrons. The normalized spacial score (nSPS) is 10.9. The number of fused-ring (bicyclic) bond motifs is 1. The smallest absolute Gasteiger partial charge is 0.178 e. The Labute approximate surface area is 138 Å². The number of H-pyrrole nitrogens is 1. The number of aromatic amines is 1. The van der Waals surface area contributed by atoms with E-state index in [1.165, 1.54) is 12.1 Å². The van der Waals surface area contributed by atoms with Crippen molar-refractivity contribution in [3.8, 4) is 11.4 Å². The molecule has 4 rings (SSSR count). The van der Waals surface area contributed by atoms with Crippen molar-refractivity contribution in [2.75, 3.05) is 5.32 Å². The molecule has 0 atom stereocenters. The highest BCUT2D eigenvalue weighted by atomic mass is 19.1. The molecule has 0 aliphatic carbocycles. The third-order valence-electron chi connectivity index (χ3n) is 3.80. The SMILES string of the molecule is Fc1ccc(CNc2cccc(-c3nc4ncccc4[nH]3)c2)cc1. The van der Waals surface area contributed by atoms with E-state index in [0.29, 0.717) is 12.2 Å². The first kappa shape index (κ1) is 14.4. The molecule has 0 spiro atoms. The average molecular weight is 318 g/mol. The van der Waals surface area contributed by atoms with E-state index in [1.54, 1.807) is 18.3 Å². The van der Waals surface area contributed by atoms with Crippen molar-refractivity contribution < 1.29 is 4.39 Å². The van der Waals surface area contributed by atoms with Gasteiger partial charge in [0.15, 0.2) is 5.65 Å². The van der Waals surface area contributed by atoms with Crippen LogP contribution < -0.4 is 5.32 Å². The van der Waals surface area contributed by atoms with Gasteiger partial charge in [-0.3, -0.25) is 0 Å². The van der Waals surface area contributed by atoms with Crippen LogP contribution in [0.5, 0.6) is 0 Å². The Bertz CT molecular complexity index is 943. The van der Waals surface area contributed by atoms with E-state index in [-0.39, 0.29) is 5.82 Å². The molecule has 4 nitrogen and oxygen atoms in total. The molecule has 0 unspecified atom stereocenters. The summed E-state index contributed by atoms with van der Waals surface area (Å²) in [6.07, 6.45) is 1.73. The summed E-state index contributed by atoms with van der Waals surface area (Å²) in [5.41, 5.74) is 4.60. The maximum Gasteiger partial charge on any atom is 0.178 e. The standard InChI is InChI=1S/C19H15FN4/c20-15-8-6-13(7-9-15)12-22-16-4-1-3-14(11-16)18-23-17-5-2-10-21-19(17)24-18/h1-11,22H,12H2,(H,21,23,24). The molecule has 0 aliphatic rings. The number of hydrogen-bond donors (Lipinski definition) is 2. The lowest BCUT2D eigenvalue weighted by molar-refractivity contribution is 0.627. The number of anilines is 1. The van der Waals surface area contributed by atoms with Gasteiger partial charge in [-0.1, -0.05) is 24.3 Å². The Hall–Kier alpha value is -3.21. The fraction of sp³-hybridized carbons (Fsp3) is 0.0526. The van der Waals surface area contributed by atoms with Crippen LogP contribution in [0.25, 0.3) is 22.6 Å². The van der Waals surface area contributed by atoms with Crippen LogP contribution in [0.4, 0.5) is 10.1 Å². The molecule has 0 saturated heterocycles. The highest BCUT2D eigenvalue weighted by Gasteiger charge is 2.06. The van der Waals surface area contributed by atoms with Gasteiger partial charge in [-0.2, -0.15) is 0 Å². The van der Waals surface area contributed by atoms with Crippen LogP contribution in [0.15, 0.2) is 66.9 Å². The van der Waals surface area contributed by atoms with E-state index in [4.69, 9.17) is 0 Å². The van der Waals surface area contributed by atoms with Gasteiger partial charge in [0.25, 0.3) is 0 Å². The van der Waals surface area contributed by atoms with Gasteiger partial charge in [-0.05, 0) is 42.0 Å². The minimum absolute atomic E-state index is 0.223. The zero-order valence-electron chi connectivity index (χ0n) is 12.8. The minimum atomic E-state index is -0.223.